The van der Waals surface area contributed by atoms with E-state index in [1.807, 2.05) is 84.9 Å². The summed E-state index contributed by atoms with van der Waals surface area (Å²) in [6.07, 6.45) is -0.365. The maximum Gasteiger partial charge on any atom is 0.407 e. The van der Waals surface area contributed by atoms with Crippen LogP contribution in [0.3, 0.4) is 0 Å². The number of amides is 1. The van der Waals surface area contributed by atoms with Crippen LogP contribution in [0.5, 0.6) is 5.75 Å². The van der Waals surface area contributed by atoms with Crippen molar-refractivity contribution in [2.24, 2.45) is 0 Å². The second-order valence-electron chi connectivity index (χ2n) is 6.05. The average Bonchev–Trinajstić information content (AvgIpc) is 3.21. The van der Waals surface area contributed by atoms with Gasteiger partial charge in [0, 0.05) is 11.1 Å². The van der Waals surface area contributed by atoms with Crippen molar-refractivity contribution in [2.75, 3.05) is 13.7 Å². The maximum atomic E-state index is 11.1. The van der Waals surface area contributed by atoms with E-state index in [4.69, 9.17) is 9.47 Å². The van der Waals surface area contributed by atoms with E-state index in [9.17, 15) is 4.79 Å². The summed E-state index contributed by atoms with van der Waals surface area (Å²) in [6.45, 7) is 0.369. The van der Waals surface area contributed by atoms with Crippen LogP contribution in [0.15, 0.2) is 84.9 Å². The van der Waals surface area contributed by atoms with Crippen LogP contribution in [0.25, 0.3) is 0 Å². The molecule has 0 aliphatic carbocycles. The van der Waals surface area contributed by atoms with Crippen LogP contribution in [-0.4, -0.2) is 19.8 Å². The fourth-order valence-corrected chi connectivity index (χ4v) is 2.62. The van der Waals surface area contributed by atoms with Gasteiger partial charge in [0.2, 0.25) is 0 Å². The van der Waals surface area contributed by atoms with Gasteiger partial charge in [-0.05, 0) is 42.0 Å². The Kier molecular flexibility index (Phi) is 6.70. The first-order valence-electron chi connectivity index (χ1n) is 8.94. The van der Waals surface area contributed by atoms with E-state index < -0.39 is 0 Å². The van der Waals surface area contributed by atoms with Crippen molar-refractivity contribution in [1.29, 1.82) is 0 Å². The highest BCUT2D eigenvalue weighted by molar-refractivity contribution is 5.70. The number of para-hydroxylation sites is 1. The van der Waals surface area contributed by atoms with Crippen LogP contribution in [0.2, 0.25) is 0 Å². The van der Waals surface area contributed by atoms with Gasteiger partial charge in [-0.3, -0.25) is 0 Å². The van der Waals surface area contributed by atoms with Gasteiger partial charge in [0.25, 0.3) is 0 Å². The number of nitrogens with one attached hydrogen (secondary N) is 1. The van der Waals surface area contributed by atoms with E-state index in [-0.39, 0.29) is 12.1 Å². The second kappa shape index (κ2) is 9.84. The molecule has 3 aromatic carbocycles. The third-order valence-electron chi connectivity index (χ3n) is 4.07. The molecule has 1 saturated heterocycles. The van der Waals surface area contributed by atoms with E-state index >= 15 is 0 Å². The molecule has 4 nitrogen and oxygen atoms in total. The Labute approximate surface area is 165 Å². The molecular weight excluding hydrogens is 350 g/mol. The fraction of sp³-hybridized carbons (Fsp3) is 0.125. The van der Waals surface area contributed by atoms with Gasteiger partial charge in [0.1, 0.15) is 12.4 Å². The van der Waals surface area contributed by atoms with Crippen LogP contribution < -0.4 is 10.1 Å². The SMILES string of the molecule is COc1ccccc1.O=C1N[C@H](c2cccc(C#Cc3ccccc3)c2)CO1. The van der Waals surface area contributed by atoms with Gasteiger partial charge in [0.15, 0.2) is 0 Å². The topological polar surface area (TPSA) is 47.6 Å². The zero-order chi connectivity index (χ0) is 19.6. The largest absolute Gasteiger partial charge is 0.497 e. The number of carbonyl (C=O) groups excluding carboxylic acids is 1. The number of ether oxygens (including phenoxy) is 2. The molecule has 140 valence electrons. The van der Waals surface area contributed by atoms with Crippen molar-refractivity contribution < 1.29 is 14.3 Å². The third kappa shape index (κ3) is 5.65. The van der Waals surface area contributed by atoms with Gasteiger partial charge in [0.05, 0.1) is 13.2 Å². The molecule has 4 rings (SSSR count). The second-order valence-corrected chi connectivity index (χ2v) is 6.05. The lowest BCUT2D eigenvalue weighted by atomic mass is 10.0. The molecule has 1 aliphatic heterocycles. The Morgan fingerprint density at radius 3 is 2.14 bits per heavy atom. The van der Waals surface area contributed by atoms with Crippen molar-refractivity contribution >= 4 is 6.09 Å². The molecule has 0 saturated carbocycles. The summed E-state index contributed by atoms with van der Waals surface area (Å²) in [5.74, 6) is 7.16. The summed E-state index contributed by atoms with van der Waals surface area (Å²) in [7, 11) is 1.66. The van der Waals surface area contributed by atoms with E-state index in [1.54, 1.807) is 7.11 Å². The number of rotatable bonds is 2. The van der Waals surface area contributed by atoms with Gasteiger partial charge in [-0.1, -0.05) is 60.4 Å². The van der Waals surface area contributed by atoms with Gasteiger partial charge in [-0.2, -0.15) is 0 Å². The van der Waals surface area contributed by atoms with E-state index in [0.717, 1.165) is 22.4 Å². The number of hydrogen-bond acceptors (Lipinski definition) is 3. The fourth-order valence-electron chi connectivity index (χ4n) is 2.62. The Morgan fingerprint density at radius 2 is 1.54 bits per heavy atom. The smallest absolute Gasteiger partial charge is 0.407 e. The summed E-state index contributed by atoms with van der Waals surface area (Å²) >= 11 is 0. The van der Waals surface area contributed by atoms with E-state index in [2.05, 4.69) is 17.2 Å². The molecule has 0 unspecified atom stereocenters. The lowest BCUT2D eigenvalue weighted by Crippen LogP contribution is -2.18. The first kappa shape index (κ1) is 19.1. The Balaban J connectivity index is 0.000000236. The summed E-state index contributed by atoms with van der Waals surface area (Å²) in [6, 6.07) is 27.3. The first-order chi connectivity index (χ1) is 13.7. The predicted molar refractivity (Wildman–Crippen MR) is 109 cm³/mol. The Morgan fingerprint density at radius 1 is 0.893 bits per heavy atom. The van der Waals surface area contributed by atoms with Crippen LogP contribution in [0, 0.1) is 11.8 Å². The molecule has 28 heavy (non-hydrogen) atoms. The van der Waals surface area contributed by atoms with Crippen molar-refractivity contribution in [3.8, 4) is 17.6 Å². The molecule has 0 bridgehead atoms. The highest BCUT2D eigenvalue weighted by Gasteiger charge is 2.23. The quantitative estimate of drug-likeness (QED) is 0.672. The minimum Gasteiger partial charge on any atom is -0.497 e. The van der Waals surface area contributed by atoms with Gasteiger partial charge < -0.3 is 14.8 Å². The van der Waals surface area contributed by atoms with Crippen molar-refractivity contribution in [3.63, 3.8) is 0 Å². The Hall–Kier alpha value is -3.71. The van der Waals surface area contributed by atoms with Crippen LogP contribution in [0.4, 0.5) is 4.79 Å². The molecule has 1 fully saturated rings. The molecular formula is C24H21NO3. The minimum absolute atomic E-state index is 0.0824. The highest BCUT2D eigenvalue weighted by Crippen LogP contribution is 2.18. The van der Waals surface area contributed by atoms with Gasteiger partial charge in [-0.15, -0.1) is 0 Å². The molecule has 1 atom stereocenters. The number of benzene rings is 3. The number of methoxy groups -OCH3 is 1. The lowest BCUT2D eigenvalue weighted by Gasteiger charge is -2.07. The summed E-state index contributed by atoms with van der Waals surface area (Å²) < 4.78 is 9.82. The molecule has 0 spiro atoms. The van der Waals surface area contributed by atoms with Crippen LogP contribution in [-0.2, 0) is 4.74 Å². The van der Waals surface area contributed by atoms with Gasteiger partial charge in [-0.25, -0.2) is 4.79 Å². The zero-order valence-corrected chi connectivity index (χ0v) is 15.6. The number of alkyl carbamates (subject to hydrolysis) is 1. The minimum atomic E-state index is -0.365. The number of hydrogen-bond donors (Lipinski definition) is 1. The molecule has 1 aliphatic rings. The van der Waals surface area contributed by atoms with Crippen molar-refractivity contribution in [2.45, 2.75) is 6.04 Å². The summed E-state index contributed by atoms with van der Waals surface area (Å²) in [4.78, 5) is 11.1. The monoisotopic (exact) mass is 371 g/mol. The van der Waals surface area contributed by atoms with E-state index in [1.165, 1.54) is 0 Å². The molecule has 1 N–H and O–H groups in total. The first-order valence-corrected chi connectivity index (χ1v) is 8.94. The third-order valence-corrected chi connectivity index (χ3v) is 4.07. The maximum absolute atomic E-state index is 11.1. The molecule has 0 aromatic heterocycles. The Bertz CT molecular complexity index is 959. The van der Waals surface area contributed by atoms with Crippen molar-refractivity contribution in [3.05, 3.63) is 102 Å². The molecule has 3 aromatic rings. The molecule has 1 amide bonds. The summed E-state index contributed by atoms with van der Waals surface area (Å²) in [5.41, 5.74) is 2.92. The normalized spacial score (nSPS) is 14.5. The average molecular weight is 371 g/mol. The zero-order valence-electron chi connectivity index (χ0n) is 15.6. The lowest BCUT2D eigenvalue weighted by molar-refractivity contribution is 0.177. The van der Waals surface area contributed by atoms with Crippen LogP contribution in [0.1, 0.15) is 22.7 Å². The number of cyclic esters (lactones) is 1. The van der Waals surface area contributed by atoms with Crippen LogP contribution >= 0.6 is 0 Å². The molecule has 0 radical (unpaired) electrons. The van der Waals surface area contributed by atoms with Gasteiger partial charge >= 0.3 is 6.09 Å². The molecule has 4 heteroatoms. The van der Waals surface area contributed by atoms with E-state index in [0.29, 0.717) is 6.61 Å². The number of carbonyl (C=O) groups is 1. The molecule has 1 heterocycles. The standard InChI is InChI=1S/C17H13NO2.C7H8O/c19-17-18-16(12-20-17)15-8-4-7-14(11-15)10-9-13-5-2-1-3-6-13;1-8-7-5-3-2-4-6-7/h1-8,11,16H,12H2,(H,18,19);2-6H,1H3/t16-;/m0./s1. The van der Waals surface area contributed by atoms with Crippen molar-refractivity contribution in [1.82, 2.24) is 5.32 Å². The predicted octanol–water partition coefficient (Wildman–Crippen LogP) is 4.56. The highest BCUT2D eigenvalue weighted by atomic mass is 16.6. The summed E-state index contributed by atoms with van der Waals surface area (Å²) in [5, 5.41) is 2.76.